The molecule has 0 spiro atoms. The largest absolute Gasteiger partial charge is 0.487 e. The van der Waals surface area contributed by atoms with Gasteiger partial charge in [-0.15, -0.1) is 11.3 Å². The van der Waals surface area contributed by atoms with Gasteiger partial charge in [0.15, 0.2) is 22.6 Å². The Morgan fingerprint density at radius 2 is 1.88 bits per heavy atom. The summed E-state index contributed by atoms with van der Waals surface area (Å²) in [7, 11) is -1.39. The minimum atomic E-state index is -1.39. The van der Waals surface area contributed by atoms with E-state index in [-0.39, 0.29) is 11.9 Å². The lowest BCUT2D eigenvalue weighted by Crippen LogP contribution is -2.39. The van der Waals surface area contributed by atoms with E-state index in [1.165, 1.54) is 6.07 Å². The summed E-state index contributed by atoms with van der Waals surface area (Å²) >= 11 is 3.44. The Hall–Kier alpha value is -4.10. The minimum Gasteiger partial charge on any atom is -0.487 e. The molecule has 1 N–H and O–H groups in total. The van der Waals surface area contributed by atoms with Crippen LogP contribution in [0.2, 0.25) is 0 Å². The third-order valence-corrected chi connectivity index (χ3v) is 11.7. The lowest BCUT2D eigenvalue weighted by atomic mass is 10.1. The van der Waals surface area contributed by atoms with Gasteiger partial charge in [0.25, 0.3) is 0 Å². The molecule has 1 aliphatic rings. The van der Waals surface area contributed by atoms with Gasteiger partial charge in [0, 0.05) is 60.5 Å². The van der Waals surface area contributed by atoms with Crippen LogP contribution in [-0.4, -0.2) is 65.8 Å². The molecule has 3 aromatic heterocycles. The predicted molar refractivity (Wildman–Crippen MR) is 200 cm³/mol. The standard InChI is InChI=1S/C37H37FN6O2S3/c1-3-34-42-35(26-10-9-25-14-20-44(32(25)23-26)49(45)29-7-5-4-6-8-29)36(48-34)31-13-17-39-37(41-31)40-27-11-12-33(30(38)24-27)46-28-15-18-43(19-16-28)21-22-47-2/h4-14,17,20,23-24,28H,3,15-16,18-19,21-22H2,1-2H3,(H,39,40,41). The maximum absolute atomic E-state index is 15.2. The highest BCUT2D eigenvalue weighted by Gasteiger charge is 2.22. The molecule has 8 nitrogen and oxygen atoms in total. The molecule has 0 radical (unpaired) electrons. The van der Waals surface area contributed by atoms with E-state index in [1.54, 1.807) is 33.6 Å². The van der Waals surface area contributed by atoms with E-state index in [2.05, 4.69) is 28.4 Å². The van der Waals surface area contributed by atoms with Crippen LogP contribution in [0.15, 0.2) is 96.2 Å². The molecule has 252 valence electrons. The number of hydrogen-bond donors (Lipinski definition) is 1. The summed E-state index contributed by atoms with van der Waals surface area (Å²) in [5, 5.41) is 5.14. The summed E-state index contributed by atoms with van der Waals surface area (Å²) in [6.45, 7) is 5.10. The highest BCUT2D eigenvalue weighted by atomic mass is 32.2. The number of thioether (sulfide) groups is 1. The van der Waals surface area contributed by atoms with E-state index in [9.17, 15) is 4.21 Å². The van der Waals surface area contributed by atoms with Crippen molar-refractivity contribution >= 4 is 56.6 Å². The third kappa shape index (κ3) is 7.57. The second-order valence-corrected chi connectivity index (χ2v) is 15.2. The molecule has 7 rings (SSSR count). The van der Waals surface area contributed by atoms with Crippen LogP contribution in [-0.2, 0) is 17.4 Å². The zero-order chi connectivity index (χ0) is 33.7. The van der Waals surface area contributed by atoms with Gasteiger partial charge < -0.3 is 15.0 Å². The molecular weight excluding hydrogens is 676 g/mol. The van der Waals surface area contributed by atoms with Gasteiger partial charge in [0.1, 0.15) is 6.10 Å². The molecule has 4 heterocycles. The predicted octanol–water partition coefficient (Wildman–Crippen LogP) is 8.44. The molecule has 1 fully saturated rings. The number of piperidine rings is 1. The lowest BCUT2D eigenvalue weighted by Gasteiger charge is -2.32. The van der Waals surface area contributed by atoms with Gasteiger partial charge in [0.05, 0.1) is 31.7 Å². The number of aromatic nitrogens is 4. The zero-order valence-electron chi connectivity index (χ0n) is 27.3. The number of thiazole rings is 1. The van der Waals surface area contributed by atoms with Crippen molar-refractivity contribution in [2.75, 3.05) is 37.0 Å². The Morgan fingerprint density at radius 1 is 1.04 bits per heavy atom. The molecule has 49 heavy (non-hydrogen) atoms. The molecule has 1 aliphatic heterocycles. The van der Waals surface area contributed by atoms with Crippen molar-refractivity contribution < 1.29 is 13.3 Å². The van der Waals surface area contributed by atoms with Crippen LogP contribution in [0.5, 0.6) is 5.75 Å². The van der Waals surface area contributed by atoms with E-state index in [4.69, 9.17) is 14.7 Å². The number of rotatable bonds is 12. The van der Waals surface area contributed by atoms with Gasteiger partial charge in [-0.1, -0.05) is 37.3 Å². The first-order chi connectivity index (χ1) is 24.0. The highest BCUT2D eigenvalue weighted by Crippen LogP contribution is 2.38. The normalized spacial score (nSPS) is 14.7. The summed E-state index contributed by atoms with van der Waals surface area (Å²) in [4.78, 5) is 18.3. The van der Waals surface area contributed by atoms with E-state index in [0.29, 0.717) is 17.3 Å². The number of ether oxygens (including phenoxy) is 1. The van der Waals surface area contributed by atoms with Crippen molar-refractivity contribution in [3.8, 4) is 27.6 Å². The van der Waals surface area contributed by atoms with Gasteiger partial charge >= 0.3 is 0 Å². The van der Waals surface area contributed by atoms with E-state index in [0.717, 1.165) is 81.6 Å². The number of halogens is 1. The topological polar surface area (TPSA) is 85.2 Å². The molecule has 0 saturated carbocycles. The molecule has 0 bridgehead atoms. The molecular formula is C37H37FN6O2S3. The van der Waals surface area contributed by atoms with Crippen LogP contribution >= 0.6 is 23.1 Å². The Morgan fingerprint density at radius 3 is 2.65 bits per heavy atom. The Balaban J connectivity index is 1.10. The monoisotopic (exact) mass is 712 g/mol. The molecule has 12 heteroatoms. The second-order valence-electron chi connectivity index (χ2n) is 11.8. The quantitative estimate of drug-likeness (QED) is 0.135. The van der Waals surface area contributed by atoms with Gasteiger partial charge in [-0.3, -0.25) is 3.97 Å². The van der Waals surface area contributed by atoms with Crippen molar-refractivity contribution in [3.05, 3.63) is 102 Å². The van der Waals surface area contributed by atoms with Crippen LogP contribution in [0.1, 0.15) is 24.8 Å². The fourth-order valence-electron chi connectivity index (χ4n) is 5.93. The summed E-state index contributed by atoms with van der Waals surface area (Å²) in [5.41, 5.74) is 3.80. The second kappa shape index (κ2) is 15.2. The zero-order valence-corrected chi connectivity index (χ0v) is 29.8. The van der Waals surface area contributed by atoms with Gasteiger partial charge in [-0.25, -0.2) is 23.6 Å². The molecule has 6 aromatic rings. The third-order valence-electron chi connectivity index (χ3n) is 8.54. The number of hydrogen-bond acceptors (Lipinski definition) is 9. The summed E-state index contributed by atoms with van der Waals surface area (Å²) in [5.74, 6) is 1.32. The smallest absolute Gasteiger partial charge is 0.227 e. The Kier molecular flexibility index (Phi) is 10.4. The first kappa shape index (κ1) is 33.4. The maximum Gasteiger partial charge on any atom is 0.227 e. The lowest BCUT2D eigenvalue weighted by molar-refractivity contribution is 0.101. The van der Waals surface area contributed by atoms with Crippen molar-refractivity contribution in [1.29, 1.82) is 0 Å². The SMILES string of the molecule is CCc1nc(-c2ccc3ccn(S(=O)c4ccccc4)c3c2)c(-c2ccnc(Nc3ccc(OC4CCN(CCSC)CC4)c(F)c3)n2)s1. The summed E-state index contributed by atoms with van der Waals surface area (Å²) in [6.07, 6.45) is 8.24. The van der Waals surface area contributed by atoms with Crippen LogP contribution in [0.4, 0.5) is 16.0 Å². The van der Waals surface area contributed by atoms with Crippen LogP contribution in [0.3, 0.4) is 0 Å². The fourth-order valence-corrected chi connectivity index (χ4v) is 8.49. The highest BCUT2D eigenvalue weighted by molar-refractivity contribution is 7.98. The van der Waals surface area contributed by atoms with Gasteiger partial charge in [0.2, 0.25) is 5.95 Å². The Labute approximate surface area is 296 Å². The number of likely N-dealkylation sites (tertiary alicyclic amines) is 1. The molecule has 1 unspecified atom stereocenters. The van der Waals surface area contributed by atoms with Gasteiger partial charge in [-0.05, 0) is 68.0 Å². The van der Waals surface area contributed by atoms with E-state index >= 15 is 4.39 Å². The average Bonchev–Trinajstić information content (AvgIpc) is 3.77. The molecule has 0 amide bonds. The number of nitrogens with one attached hydrogen (secondary N) is 1. The number of nitrogens with zero attached hydrogens (tertiary/aromatic N) is 5. The first-order valence-electron chi connectivity index (χ1n) is 16.4. The molecule has 3 aromatic carbocycles. The molecule has 0 aliphatic carbocycles. The first-order valence-corrected chi connectivity index (χ1v) is 19.7. The number of benzene rings is 3. The van der Waals surface area contributed by atoms with E-state index in [1.807, 2.05) is 78.6 Å². The molecule has 1 atom stereocenters. The van der Waals surface area contributed by atoms with Crippen LogP contribution in [0, 0.1) is 5.82 Å². The van der Waals surface area contributed by atoms with Crippen molar-refractivity contribution in [2.45, 2.75) is 37.2 Å². The Bertz CT molecular complexity index is 2080. The number of anilines is 2. The van der Waals surface area contributed by atoms with Crippen molar-refractivity contribution in [1.82, 2.24) is 23.8 Å². The van der Waals surface area contributed by atoms with Crippen LogP contribution in [0.25, 0.3) is 32.7 Å². The van der Waals surface area contributed by atoms with Crippen molar-refractivity contribution in [3.63, 3.8) is 0 Å². The average molecular weight is 713 g/mol. The maximum atomic E-state index is 15.2. The van der Waals surface area contributed by atoms with Crippen LogP contribution < -0.4 is 10.1 Å². The van der Waals surface area contributed by atoms with E-state index < -0.39 is 16.8 Å². The minimum absolute atomic E-state index is 0.0106. The summed E-state index contributed by atoms with van der Waals surface area (Å²) in [6, 6.07) is 24.3. The number of fused-ring (bicyclic) bond motifs is 1. The number of aryl methyl sites for hydroxylation is 1. The van der Waals surface area contributed by atoms with Crippen molar-refractivity contribution in [2.24, 2.45) is 0 Å². The summed E-state index contributed by atoms with van der Waals surface area (Å²) < 4.78 is 36.5. The fraction of sp³-hybridized carbons (Fsp3) is 0.270. The molecule has 1 saturated heterocycles. The van der Waals surface area contributed by atoms with Gasteiger partial charge in [-0.2, -0.15) is 11.8 Å².